The number of ether oxygens (including phenoxy) is 1. The van der Waals surface area contributed by atoms with Crippen LogP contribution >= 0.6 is 0 Å². The number of urea groups is 1. The third-order valence-corrected chi connectivity index (χ3v) is 3.92. The van der Waals surface area contributed by atoms with E-state index in [1.165, 1.54) is 0 Å². The predicted molar refractivity (Wildman–Crippen MR) is 92.4 cm³/mol. The van der Waals surface area contributed by atoms with E-state index in [2.05, 4.69) is 10.6 Å². The maximum atomic E-state index is 12.2. The summed E-state index contributed by atoms with van der Waals surface area (Å²) in [5.41, 5.74) is 0.800. The zero-order valence-corrected chi connectivity index (χ0v) is 14.0. The molecule has 0 spiro atoms. The smallest absolute Gasteiger partial charge is 0.315 e. The number of rotatable bonds is 6. The van der Waals surface area contributed by atoms with Gasteiger partial charge < -0.3 is 24.7 Å². The van der Waals surface area contributed by atoms with Crippen molar-refractivity contribution in [1.82, 2.24) is 10.6 Å². The molecule has 1 fully saturated rings. The quantitative estimate of drug-likeness (QED) is 0.843. The first-order chi connectivity index (χ1) is 12.2. The Morgan fingerprint density at radius 3 is 2.80 bits per heavy atom. The van der Waals surface area contributed by atoms with Crippen LogP contribution in [0.3, 0.4) is 0 Å². The van der Waals surface area contributed by atoms with E-state index in [0.29, 0.717) is 25.5 Å². The van der Waals surface area contributed by atoms with E-state index in [4.69, 9.17) is 9.15 Å². The van der Waals surface area contributed by atoms with Gasteiger partial charge in [-0.3, -0.25) is 4.79 Å². The SMILES string of the molecule is CCOc1ccc(N2C[C@H](NC(=O)NCc3ccco3)CC2=O)cc1. The minimum Gasteiger partial charge on any atom is -0.494 e. The van der Waals surface area contributed by atoms with Crippen LogP contribution in [-0.4, -0.2) is 31.1 Å². The molecule has 0 saturated carbocycles. The van der Waals surface area contributed by atoms with Gasteiger partial charge in [0.15, 0.2) is 0 Å². The van der Waals surface area contributed by atoms with Gasteiger partial charge in [0.2, 0.25) is 5.91 Å². The summed E-state index contributed by atoms with van der Waals surface area (Å²) in [6.07, 6.45) is 1.83. The van der Waals surface area contributed by atoms with Crippen molar-refractivity contribution in [3.63, 3.8) is 0 Å². The lowest BCUT2D eigenvalue weighted by molar-refractivity contribution is -0.117. The second kappa shape index (κ2) is 7.74. The van der Waals surface area contributed by atoms with Crippen LogP contribution in [0.15, 0.2) is 47.1 Å². The van der Waals surface area contributed by atoms with Gasteiger partial charge in [-0.25, -0.2) is 4.79 Å². The molecule has 1 saturated heterocycles. The molecule has 0 radical (unpaired) electrons. The summed E-state index contributed by atoms with van der Waals surface area (Å²) < 4.78 is 10.6. The second-order valence-electron chi connectivity index (χ2n) is 5.74. The second-order valence-corrected chi connectivity index (χ2v) is 5.74. The molecule has 1 atom stereocenters. The van der Waals surface area contributed by atoms with Gasteiger partial charge >= 0.3 is 6.03 Å². The van der Waals surface area contributed by atoms with Gasteiger partial charge in [0.05, 0.1) is 25.5 Å². The number of anilines is 1. The Morgan fingerprint density at radius 2 is 2.12 bits per heavy atom. The highest BCUT2D eigenvalue weighted by molar-refractivity contribution is 5.96. The molecule has 2 N–H and O–H groups in total. The van der Waals surface area contributed by atoms with Crippen LogP contribution in [0.25, 0.3) is 0 Å². The number of carbonyl (C=O) groups excluding carboxylic acids is 2. The zero-order valence-electron chi connectivity index (χ0n) is 14.0. The first kappa shape index (κ1) is 16.9. The Bertz CT molecular complexity index is 712. The monoisotopic (exact) mass is 343 g/mol. The Morgan fingerprint density at radius 1 is 1.32 bits per heavy atom. The van der Waals surface area contributed by atoms with Crippen LogP contribution in [0, 0.1) is 0 Å². The van der Waals surface area contributed by atoms with Crippen LogP contribution in [-0.2, 0) is 11.3 Å². The number of carbonyl (C=O) groups is 2. The number of amides is 3. The summed E-state index contributed by atoms with van der Waals surface area (Å²) in [7, 11) is 0. The van der Waals surface area contributed by atoms with Gasteiger partial charge in [-0.2, -0.15) is 0 Å². The molecular formula is C18H21N3O4. The average molecular weight is 343 g/mol. The number of nitrogens with one attached hydrogen (secondary N) is 2. The first-order valence-electron chi connectivity index (χ1n) is 8.25. The van der Waals surface area contributed by atoms with Crippen LogP contribution in [0.1, 0.15) is 19.1 Å². The van der Waals surface area contributed by atoms with E-state index in [1.807, 2.05) is 31.2 Å². The largest absolute Gasteiger partial charge is 0.494 e. The zero-order chi connectivity index (χ0) is 17.6. The van der Waals surface area contributed by atoms with Crippen LogP contribution < -0.4 is 20.3 Å². The van der Waals surface area contributed by atoms with Gasteiger partial charge in [0, 0.05) is 18.7 Å². The summed E-state index contributed by atoms with van der Waals surface area (Å²) in [4.78, 5) is 25.9. The van der Waals surface area contributed by atoms with Gasteiger partial charge in [-0.15, -0.1) is 0 Å². The molecule has 1 aliphatic heterocycles. The lowest BCUT2D eigenvalue weighted by Gasteiger charge is -2.18. The van der Waals surface area contributed by atoms with Crippen molar-refractivity contribution >= 4 is 17.6 Å². The van der Waals surface area contributed by atoms with Crippen molar-refractivity contribution in [3.05, 3.63) is 48.4 Å². The summed E-state index contributed by atoms with van der Waals surface area (Å²) >= 11 is 0. The summed E-state index contributed by atoms with van der Waals surface area (Å²) in [5, 5.41) is 5.54. The third kappa shape index (κ3) is 4.32. The molecule has 0 unspecified atom stereocenters. The van der Waals surface area contributed by atoms with E-state index < -0.39 is 0 Å². The molecule has 1 aromatic heterocycles. The van der Waals surface area contributed by atoms with Crippen molar-refractivity contribution in [2.45, 2.75) is 25.9 Å². The number of nitrogens with zero attached hydrogens (tertiary/aromatic N) is 1. The molecule has 2 heterocycles. The molecule has 25 heavy (non-hydrogen) atoms. The van der Waals surface area contributed by atoms with Crippen LogP contribution in [0.2, 0.25) is 0 Å². The van der Waals surface area contributed by atoms with Gasteiger partial charge in [0.1, 0.15) is 11.5 Å². The Balaban J connectivity index is 1.52. The van der Waals surface area contributed by atoms with Crippen LogP contribution in [0.4, 0.5) is 10.5 Å². The fraction of sp³-hybridized carbons (Fsp3) is 0.333. The summed E-state index contributed by atoms with van der Waals surface area (Å²) in [6.45, 7) is 3.27. The van der Waals surface area contributed by atoms with Crippen LogP contribution in [0.5, 0.6) is 5.75 Å². The maximum Gasteiger partial charge on any atom is 0.315 e. The molecule has 2 aromatic rings. The number of hydrogen-bond donors (Lipinski definition) is 2. The maximum absolute atomic E-state index is 12.2. The van der Waals surface area contributed by atoms with Gasteiger partial charge in [0.25, 0.3) is 0 Å². The van der Waals surface area contributed by atoms with E-state index in [0.717, 1.165) is 11.4 Å². The minimum absolute atomic E-state index is 0.0134. The number of hydrogen-bond acceptors (Lipinski definition) is 4. The first-order valence-corrected chi connectivity index (χ1v) is 8.25. The van der Waals surface area contributed by atoms with Crippen molar-refractivity contribution in [1.29, 1.82) is 0 Å². The normalized spacial score (nSPS) is 16.8. The average Bonchev–Trinajstić information content (AvgIpc) is 3.24. The molecule has 1 aliphatic rings. The molecule has 3 amide bonds. The molecule has 0 aliphatic carbocycles. The highest BCUT2D eigenvalue weighted by Crippen LogP contribution is 2.24. The van der Waals surface area contributed by atoms with Crippen molar-refractivity contribution in [2.24, 2.45) is 0 Å². The molecule has 7 nitrogen and oxygen atoms in total. The van der Waals surface area contributed by atoms with Crippen molar-refractivity contribution in [3.8, 4) is 5.75 Å². The van der Waals surface area contributed by atoms with Crippen molar-refractivity contribution < 1.29 is 18.7 Å². The standard InChI is InChI=1S/C18H21N3O4/c1-2-24-15-7-5-14(6-8-15)21-12-13(10-17(21)22)20-18(23)19-11-16-4-3-9-25-16/h3-9,13H,2,10-12H2,1H3,(H2,19,20,23)/t13-/m1/s1. The fourth-order valence-corrected chi connectivity index (χ4v) is 2.76. The Kier molecular flexibility index (Phi) is 5.23. The minimum atomic E-state index is -0.317. The molecule has 3 rings (SSSR count). The van der Waals surface area contributed by atoms with Crippen molar-refractivity contribution in [2.75, 3.05) is 18.1 Å². The summed E-state index contributed by atoms with van der Waals surface area (Å²) in [5.74, 6) is 1.43. The highest BCUT2D eigenvalue weighted by atomic mass is 16.5. The molecule has 132 valence electrons. The molecule has 7 heteroatoms. The van der Waals surface area contributed by atoms with Gasteiger partial charge in [-0.1, -0.05) is 0 Å². The topological polar surface area (TPSA) is 83.8 Å². The number of benzene rings is 1. The highest BCUT2D eigenvalue weighted by Gasteiger charge is 2.31. The lowest BCUT2D eigenvalue weighted by atomic mass is 10.2. The van der Waals surface area contributed by atoms with E-state index in [-0.39, 0.29) is 24.4 Å². The molecule has 1 aromatic carbocycles. The Labute approximate surface area is 145 Å². The fourth-order valence-electron chi connectivity index (χ4n) is 2.76. The van der Waals surface area contributed by atoms with E-state index in [1.54, 1.807) is 23.3 Å². The molecule has 0 bridgehead atoms. The van der Waals surface area contributed by atoms with E-state index >= 15 is 0 Å². The Hall–Kier alpha value is -2.96. The summed E-state index contributed by atoms with van der Waals surface area (Å²) in [6, 6.07) is 10.4. The predicted octanol–water partition coefficient (Wildman–Crippen LogP) is 2.28. The van der Waals surface area contributed by atoms with E-state index in [9.17, 15) is 9.59 Å². The van der Waals surface area contributed by atoms with Gasteiger partial charge in [-0.05, 0) is 43.3 Å². The third-order valence-electron chi connectivity index (χ3n) is 3.92. The molecular weight excluding hydrogens is 322 g/mol. The number of furan rings is 1. The lowest BCUT2D eigenvalue weighted by Crippen LogP contribution is -2.43.